The number of benzene rings is 1. The zero-order valence-electron chi connectivity index (χ0n) is 17.4. The van der Waals surface area contributed by atoms with Gasteiger partial charge < -0.3 is 24.6 Å². The van der Waals surface area contributed by atoms with Crippen molar-refractivity contribution in [2.45, 2.75) is 38.5 Å². The summed E-state index contributed by atoms with van der Waals surface area (Å²) >= 11 is 0. The van der Waals surface area contributed by atoms with Crippen LogP contribution in [-0.4, -0.2) is 76.4 Å². The van der Waals surface area contributed by atoms with Gasteiger partial charge in [-0.1, -0.05) is 24.3 Å². The smallest absolute Gasteiger partial charge is 0.193 e. The Hall–Kier alpha value is -1.63. The number of hydrogen-bond acceptors (Lipinski definition) is 4. The fourth-order valence-corrected chi connectivity index (χ4v) is 3.40. The number of aliphatic imine (C=N–C) groups is 1. The van der Waals surface area contributed by atoms with E-state index in [0.717, 1.165) is 64.6 Å². The molecule has 0 radical (unpaired) electrons. The lowest BCUT2D eigenvalue weighted by atomic mass is 10.1. The predicted octanol–water partition coefficient (Wildman–Crippen LogP) is 2.34. The van der Waals surface area contributed by atoms with Crippen molar-refractivity contribution in [1.82, 2.24) is 15.1 Å². The quantitative estimate of drug-likeness (QED) is 0.407. The van der Waals surface area contributed by atoms with Crippen molar-refractivity contribution < 1.29 is 9.47 Å². The molecule has 1 fully saturated rings. The molecule has 0 amide bonds. The number of ether oxygens (including phenoxy) is 2. The standard InChI is InChI=1S/C21H36N4O2/c1-22-21(23-16-18-7-5-8-19(15-18)17-24(2)3)25-11-9-20(10-12-25)27-14-6-13-26-4/h5,7-8,15,20H,6,9-14,16-17H2,1-4H3,(H,22,23). The molecule has 0 bridgehead atoms. The molecule has 1 aliphatic heterocycles. The summed E-state index contributed by atoms with van der Waals surface area (Å²) in [6, 6.07) is 8.74. The molecule has 2 rings (SSSR count). The summed E-state index contributed by atoms with van der Waals surface area (Å²) in [4.78, 5) is 8.99. The van der Waals surface area contributed by atoms with Gasteiger partial charge in [0.1, 0.15) is 0 Å². The van der Waals surface area contributed by atoms with Crippen LogP contribution in [0.25, 0.3) is 0 Å². The lowest BCUT2D eigenvalue weighted by molar-refractivity contribution is 0.00989. The van der Waals surface area contributed by atoms with Crippen molar-refractivity contribution >= 4 is 5.96 Å². The molecule has 27 heavy (non-hydrogen) atoms. The molecule has 1 N–H and O–H groups in total. The van der Waals surface area contributed by atoms with E-state index in [4.69, 9.17) is 9.47 Å². The van der Waals surface area contributed by atoms with E-state index in [1.807, 2.05) is 7.05 Å². The van der Waals surface area contributed by atoms with Gasteiger partial charge in [-0.15, -0.1) is 0 Å². The molecule has 0 aliphatic carbocycles. The number of piperidine rings is 1. The molecule has 0 unspecified atom stereocenters. The van der Waals surface area contributed by atoms with Crippen LogP contribution in [0.2, 0.25) is 0 Å². The van der Waals surface area contributed by atoms with E-state index in [-0.39, 0.29) is 0 Å². The van der Waals surface area contributed by atoms with Crippen LogP contribution in [0.5, 0.6) is 0 Å². The van der Waals surface area contributed by atoms with Gasteiger partial charge in [-0.3, -0.25) is 4.99 Å². The van der Waals surface area contributed by atoms with Gasteiger partial charge in [-0.2, -0.15) is 0 Å². The van der Waals surface area contributed by atoms with Gasteiger partial charge in [0, 0.05) is 53.6 Å². The minimum atomic E-state index is 0.360. The molecule has 0 saturated carbocycles. The third kappa shape index (κ3) is 7.87. The van der Waals surface area contributed by atoms with E-state index in [1.54, 1.807) is 7.11 Å². The molecular formula is C21H36N4O2. The fraction of sp³-hybridized carbons (Fsp3) is 0.667. The highest BCUT2D eigenvalue weighted by Gasteiger charge is 2.21. The Labute approximate surface area is 164 Å². The SMILES string of the molecule is CN=C(NCc1cccc(CN(C)C)c1)N1CCC(OCCCOC)CC1. The molecule has 0 atom stereocenters. The molecule has 0 aromatic heterocycles. The Bertz CT molecular complexity index is 569. The van der Waals surface area contributed by atoms with E-state index in [0.29, 0.717) is 6.10 Å². The number of nitrogens with zero attached hydrogens (tertiary/aromatic N) is 3. The first kappa shape index (κ1) is 21.7. The molecule has 6 heteroatoms. The van der Waals surface area contributed by atoms with Crippen molar-refractivity contribution in [3.63, 3.8) is 0 Å². The van der Waals surface area contributed by atoms with Gasteiger partial charge in [0.25, 0.3) is 0 Å². The number of nitrogens with one attached hydrogen (secondary N) is 1. The highest BCUT2D eigenvalue weighted by molar-refractivity contribution is 5.79. The molecule has 0 spiro atoms. The third-order valence-corrected chi connectivity index (χ3v) is 4.74. The second-order valence-corrected chi connectivity index (χ2v) is 7.36. The maximum absolute atomic E-state index is 5.95. The van der Waals surface area contributed by atoms with E-state index >= 15 is 0 Å². The van der Waals surface area contributed by atoms with Gasteiger partial charge in [0.15, 0.2) is 5.96 Å². The average Bonchev–Trinajstić information content (AvgIpc) is 2.66. The maximum Gasteiger partial charge on any atom is 0.193 e. The van der Waals surface area contributed by atoms with Crippen molar-refractivity contribution in [2.24, 2.45) is 4.99 Å². The first-order valence-electron chi connectivity index (χ1n) is 9.91. The Balaban J connectivity index is 1.76. The first-order valence-corrected chi connectivity index (χ1v) is 9.91. The molecule has 1 saturated heterocycles. The number of rotatable bonds is 9. The molecule has 6 nitrogen and oxygen atoms in total. The molecule has 1 aromatic rings. The summed E-state index contributed by atoms with van der Waals surface area (Å²) in [5.41, 5.74) is 2.62. The van der Waals surface area contributed by atoms with E-state index in [2.05, 4.69) is 58.5 Å². The van der Waals surface area contributed by atoms with Crippen molar-refractivity contribution in [3.05, 3.63) is 35.4 Å². The van der Waals surface area contributed by atoms with E-state index < -0.39 is 0 Å². The van der Waals surface area contributed by atoms with Crippen molar-refractivity contribution in [1.29, 1.82) is 0 Å². The summed E-state index contributed by atoms with van der Waals surface area (Å²) in [6.07, 6.45) is 3.42. The second-order valence-electron chi connectivity index (χ2n) is 7.36. The highest BCUT2D eigenvalue weighted by Crippen LogP contribution is 2.14. The summed E-state index contributed by atoms with van der Waals surface area (Å²) < 4.78 is 11.0. The summed E-state index contributed by atoms with van der Waals surface area (Å²) in [7, 11) is 7.78. The summed E-state index contributed by atoms with van der Waals surface area (Å²) in [6.45, 7) is 5.27. The lowest BCUT2D eigenvalue weighted by Gasteiger charge is -2.34. The van der Waals surface area contributed by atoms with Crippen LogP contribution >= 0.6 is 0 Å². The number of likely N-dealkylation sites (tertiary alicyclic amines) is 1. The van der Waals surface area contributed by atoms with Crippen LogP contribution in [0.3, 0.4) is 0 Å². The zero-order valence-corrected chi connectivity index (χ0v) is 17.4. The zero-order chi connectivity index (χ0) is 19.5. The van der Waals surface area contributed by atoms with Crippen molar-refractivity contribution in [2.75, 3.05) is 54.6 Å². The largest absolute Gasteiger partial charge is 0.385 e. The summed E-state index contributed by atoms with van der Waals surface area (Å²) in [5, 5.41) is 3.52. The normalized spacial score (nSPS) is 16.2. The third-order valence-electron chi connectivity index (χ3n) is 4.74. The first-order chi connectivity index (χ1) is 13.1. The van der Waals surface area contributed by atoms with E-state index in [1.165, 1.54) is 11.1 Å². The van der Waals surface area contributed by atoms with Gasteiger partial charge >= 0.3 is 0 Å². The molecule has 1 aliphatic rings. The number of guanidine groups is 1. The summed E-state index contributed by atoms with van der Waals surface area (Å²) in [5.74, 6) is 0.978. The average molecular weight is 377 g/mol. The minimum Gasteiger partial charge on any atom is -0.385 e. The van der Waals surface area contributed by atoms with Crippen LogP contribution in [0.4, 0.5) is 0 Å². The Morgan fingerprint density at radius 2 is 1.96 bits per heavy atom. The molecular weight excluding hydrogens is 340 g/mol. The van der Waals surface area contributed by atoms with Crippen LogP contribution in [-0.2, 0) is 22.6 Å². The van der Waals surface area contributed by atoms with Crippen molar-refractivity contribution in [3.8, 4) is 0 Å². The molecule has 152 valence electrons. The van der Waals surface area contributed by atoms with E-state index in [9.17, 15) is 0 Å². The Morgan fingerprint density at radius 1 is 1.22 bits per heavy atom. The van der Waals surface area contributed by atoms with Gasteiger partial charge in [0.05, 0.1) is 6.10 Å². The lowest BCUT2D eigenvalue weighted by Crippen LogP contribution is -2.46. The van der Waals surface area contributed by atoms with Gasteiger partial charge in [-0.05, 0) is 44.5 Å². The molecule has 1 heterocycles. The second kappa shape index (κ2) is 12.0. The fourth-order valence-electron chi connectivity index (χ4n) is 3.40. The minimum absolute atomic E-state index is 0.360. The topological polar surface area (TPSA) is 49.3 Å². The van der Waals surface area contributed by atoms with Crippen LogP contribution in [0, 0.1) is 0 Å². The Kier molecular flexibility index (Phi) is 9.59. The Morgan fingerprint density at radius 3 is 2.63 bits per heavy atom. The van der Waals surface area contributed by atoms with Crippen LogP contribution in [0.1, 0.15) is 30.4 Å². The highest BCUT2D eigenvalue weighted by atomic mass is 16.5. The van der Waals surface area contributed by atoms with Gasteiger partial charge in [0.2, 0.25) is 0 Å². The molecule has 1 aromatic carbocycles. The number of hydrogen-bond donors (Lipinski definition) is 1. The predicted molar refractivity (Wildman–Crippen MR) is 111 cm³/mol. The van der Waals surface area contributed by atoms with Gasteiger partial charge in [-0.25, -0.2) is 0 Å². The van der Waals surface area contributed by atoms with Crippen LogP contribution < -0.4 is 5.32 Å². The number of methoxy groups -OCH3 is 1. The maximum atomic E-state index is 5.95. The van der Waals surface area contributed by atoms with Crippen LogP contribution in [0.15, 0.2) is 29.3 Å². The monoisotopic (exact) mass is 376 g/mol.